The number of methoxy groups -OCH3 is 1. The van der Waals surface area contributed by atoms with Crippen LogP contribution in [0.5, 0.6) is 0 Å². The Morgan fingerprint density at radius 3 is 2.53 bits per heavy atom. The summed E-state index contributed by atoms with van der Waals surface area (Å²) in [5, 5.41) is 11.7. The lowest BCUT2D eigenvalue weighted by atomic mass is 9.41. The molecule has 4 fully saturated rings. The summed E-state index contributed by atoms with van der Waals surface area (Å²) in [5.74, 6) is 3.18. The van der Waals surface area contributed by atoms with Crippen molar-refractivity contribution in [3.63, 3.8) is 0 Å². The summed E-state index contributed by atoms with van der Waals surface area (Å²) in [6.45, 7) is 11.5. The molecule has 0 spiro atoms. The highest BCUT2D eigenvalue weighted by atomic mass is 16.5. The summed E-state index contributed by atoms with van der Waals surface area (Å²) in [6.07, 6.45) is 8.35. The predicted molar refractivity (Wildman–Crippen MR) is 126 cm³/mol. The van der Waals surface area contributed by atoms with Crippen LogP contribution in [0.15, 0.2) is 0 Å². The number of rotatable bonds is 5. The SMILES string of the molecule is CC[C@H]1C(=O)C2C3CC[C@H]([C@H](C)CCC(=O)OC)[C@@]3(C)[C@@H](O)CC2[C@@]2(C)CC[C@@H](C)C[C@@H]12. The van der Waals surface area contributed by atoms with E-state index in [1.54, 1.807) is 0 Å². The van der Waals surface area contributed by atoms with E-state index >= 15 is 0 Å². The second-order valence-corrected chi connectivity index (χ2v) is 12.5. The van der Waals surface area contributed by atoms with Crippen LogP contribution in [0.1, 0.15) is 92.4 Å². The second-order valence-electron chi connectivity index (χ2n) is 12.5. The fraction of sp³-hybridized carbons (Fsp3) is 0.929. The maximum absolute atomic E-state index is 14.1. The number of hydrogen-bond donors (Lipinski definition) is 1. The van der Waals surface area contributed by atoms with Gasteiger partial charge in [-0.05, 0) is 85.9 Å². The first-order chi connectivity index (χ1) is 15.1. The van der Waals surface area contributed by atoms with Crippen molar-refractivity contribution in [2.24, 2.45) is 58.2 Å². The van der Waals surface area contributed by atoms with E-state index in [4.69, 9.17) is 4.74 Å². The van der Waals surface area contributed by atoms with Crippen molar-refractivity contribution in [1.82, 2.24) is 0 Å². The summed E-state index contributed by atoms with van der Waals surface area (Å²) < 4.78 is 4.86. The lowest BCUT2D eigenvalue weighted by Gasteiger charge is -2.63. The van der Waals surface area contributed by atoms with E-state index in [2.05, 4.69) is 34.6 Å². The van der Waals surface area contributed by atoms with Gasteiger partial charge < -0.3 is 9.84 Å². The molecule has 4 aliphatic carbocycles. The molecule has 0 aromatic rings. The molecule has 3 unspecified atom stereocenters. The molecule has 0 bridgehead atoms. The Morgan fingerprint density at radius 2 is 1.88 bits per heavy atom. The summed E-state index contributed by atoms with van der Waals surface area (Å²) in [6, 6.07) is 0. The molecule has 0 aliphatic heterocycles. The van der Waals surface area contributed by atoms with Crippen molar-refractivity contribution in [3.05, 3.63) is 0 Å². The molecular weight excluding hydrogens is 400 g/mol. The highest BCUT2D eigenvalue weighted by Crippen LogP contribution is 2.69. The molecule has 4 aliphatic rings. The molecule has 4 rings (SSSR count). The van der Waals surface area contributed by atoms with Crippen molar-refractivity contribution in [2.45, 2.75) is 98.5 Å². The van der Waals surface area contributed by atoms with Gasteiger partial charge in [-0.3, -0.25) is 9.59 Å². The average molecular weight is 447 g/mol. The minimum atomic E-state index is -0.357. The summed E-state index contributed by atoms with van der Waals surface area (Å²) in [4.78, 5) is 25.8. The molecule has 0 saturated heterocycles. The number of carbonyl (C=O) groups is 2. The summed E-state index contributed by atoms with van der Waals surface area (Å²) >= 11 is 0. The molecule has 0 aromatic heterocycles. The third-order valence-corrected chi connectivity index (χ3v) is 11.3. The van der Waals surface area contributed by atoms with Gasteiger partial charge in [0.15, 0.2) is 0 Å². The molecule has 4 nitrogen and oxygen atoms in total. The maximum atomic E-state index is 14.1. The number of fused-ring (bicyclic) bond motifs is 5. The second kappa shape index (κ2) is 8.71. The Hall–Kier alpha value is -0.900. The number of hydrogen-bond acceptors (Lipinski definition) is 4. The normalized spacial score (nSPS) is 49.0. The van der Waals surface area contributed by atoms with Crippen LogP contribution in [0.2, 0.25) is 0 Å². The Bertz CT molecular complexity index is 733. The lowest BCUT2D eigenvalue weighted by Crippen LogP contribution is -2.63. The van der Waals surface area contributed by atoms with Gasteiger partial charge in [-0.2, -0.15) is 0 Å². The quantitative estimate of drug-likeness (QED) is 0.554. The van der Waals surface area contributed by atoms with E-state index in [1.165, 1.54) is 26.4 Å². The molecule has 0 amide bonds. The third-order valence-electron chi connectivity index (χ3n) is 11.3. The standard InChI is InChI=1S/C28H46O4/c1-7-18-21-14-16(2)12-13-27(21,4)22-15-23(29)28(5)19(17(3)8-11-24(30)32-6)9-10-20(28)25(22)26(18)31/h16-23,25,29H,7-15H2,1-6H3/t16-,17-,18-,19-,20?,21+,22?,23+,25?,27+,28-/m1/s1. The van der Waals surface area contributed by atoms with Gasteiger partial charge in [-0.1, -0.05) is 41.0 Å². The first-order valence-corrected chi connectivity index (χ1v) is 13.4. The molecule has 0 heterocycles. The molecule has 1 N–H and O–H groups in total. The fourth-order valence-corrected chi connectivity index (χ4v) is 9.44. The van der Waals surface area contributed by atoms with E-state index in [9.17, 15) is 14.7 Å². The van der Waals surface area contributed by atoms with Crippen LogP contribution in [-0.2, 0) is 14.3 Å². The Labute approximate surface area is 195 Å². The van der Waals surface area contributed by atoms with E-state index in [0.29, 0.717) is 41.8 Å². The first-order valence-electron chi connectivity index (χ1n) is 13.4. The monoisotopic (exact) mass is 446 g/mol. The average Bonchev–Trinajstić information content (AvgIpc) is 3.12. The fourth-order valence-electron chi connectivity index (χ4n) is 9.44. The van der Waals surface area contributed by atoms with Crippen molar-refractivity contribution >= 4 is 11.8 Å². The van der Waals surface area contributed by atoms with Crippen LogP contribution in [0, 0.1) is 58.2 Å². The van der Waals surface area contributed by atoms with Gasteiger partial charge >= 0.3 is 5.97 Å². The van der Waals surface area contributed by atoms with Gasteiger partial charge in [0, 0.05) is 23.7 Å². The van der Waals surface area contributed by atoms with E-state index in [-0.39, 0.29) is 40.7 Å². The molecule has 0 radical (unpaired) electrons. The van der Waals surface area contributed by atoms with Gasteiger partial charge in [0.2, 0.25) is 0 Å². The first kappa shape index (κ1) is 24.2. The molecule has 0 aromatic carbocycles. The third kappa shape index (κ3) is 3.49. The minimum absolute atomic E-state index is 0.112. The van der Waals surface area contributed by atoms with Crippen LogP contribution in [0.3, 0.4) is 0 Å². The van der Waals surface area contributed by atoms with Crippen LogP contribution >= 0.6 is 0 Å². The van der Waals surface area contributed by atoms with E-state index in [1.807, 2.05) is 0 Å². The Balaban J connectivity index is 1.64. The number of ether oxygens (including phenoxy) is 1. The predicted octanol–water partition coefficient (Wildman–Crippen LogP) is 5.66. The van der Waals surface area contributed by atoms with Crippen molar-refractivity contribution in [3.8, 4) is 0 Å². The molecular formula is C28H46O4. The van der Waals surface area contributed by atoms with Crippen molar-refractivity contribution < 1.29 is 19.4 Å². The van der Waals surface area contributed by atoms with Crippen LogP contribution < -0.4 is 0 Å². The molecule has 4 saturated carbocycles. The lowest BCUT2D eigenvalue weighted by molar-refractivity contribution is -0.190. The Morgan fingerprint density at radius 1 is 1.16 bits per heavy atom. The van der Waals surface area contributed by atoms with Gasteiger partial charge in [0.1, 0.15) is 5.78 Å². The van der Waals surface area contributed by atoms with Gasteiger partial charge in [-0.15, -0.1) is 0 Å². The number of carbonyl (C=O) groups excluding carboxylic acids is 2. The smallest absolute Gasteiger partial charge is 0.305 e. The van der Waals surface area contributed by atoms with Crippen molar-refractivity contribution in [1.29, 1.82) is 0 Å². The number of ketones is 1. The topological polar surface area (TPSA) is 63.6 Å². The molecule has 4 heteroatoms. The van der Waals surface area contributed by atoms with Crippen LogP contribution in [-0.4, -0.2) is 30.1 Å². The van der Waals surface area contributed by atoms with Crippen LogP contribution in [0.25, 0.3) is 0 Å². The summed E-state index contributed by atoms with van der Waals surface area (Å²) in [5.41, 5.74) is -0.0432. The number of aliphatic hydroxyl groups is 1. The minimum Gasteiger partial charge on any atom is -0.469 e. The van der Waals surface area contributed by atoms with Gasteiger partial charge in [-0.25, -0.2) is 0 Å². The van der Waals surface area contributed by atoms with E-state index < -0.39 is 0 Å². The van der Waals surface area contributed by atoms with Crippen molar-refractivity contribution in [2.75, 3.05) is 7.11 Å². The number of aliphatic hydroxyl groups excluding tert-OH is 1. The molecule has 32 heavy (non-hydrogen) atoms. The van der Waals surface area contributed by atoms with Gasteiger partial charge in [0.25, 0.3) is 0 Å². The zero-order chi connectivity index (χ0) is 23.4. The number of Topliss-reactive ketones (excluding diaryl/α,β-unsaturated/α-hetero) is 1. The maximum Gasteiger partial charge on any atom is 0.305 e. The zero-order valence-corrected chi connectivity index (χ0v) is 21.2. The molecule has 11 atom stereocenters. The number of esters is 1. The largest absolute Gasteiger partial charge is 0.469 e. The highest BCUT2D eigenvalue weighted by molar-refractivity contribution is 5.86. The van der Waals surface area contributed by atoms with Crippen LogP contribution in [0.4, 0.5) is 0 Å². The van der Waals surface area contributed by atoms with Gasteiger partial charge in [0.05, 0.1) is 13.2 Å². The Kier molecular flexibility index (Phi) is 6.59. The summed E-state index contributed by atoms with van der Waals surface area (Å²) in [7, 11) is 1.45. The highest BCUT2D eigenvalue weighted by Gasteiger charge is 2.67. The van der Waals surface area contributed by atoms with E-state index in [0.717, 1.165) is 32.1 Å². The molecule has 182 valence electrons. The zero-order valence-electron chi connectivity index (χ0n) is 21.2.